The predicted octanol–water partition coefficient (Wildman–Crippen LogP) is 4.23. The molecule has 7 nitrogen and oxygen atoms in total. The van der Waals surface area contributed by atoms with E-state index >= 15 is 0 Å². The number of carbonyl (C=O) groups is 1. The first-order chi connectivity index (χ1) is 14.7. The van der Waals surface area contributed by atoms with E-state index < -0.39 is 0 Å². The number of hydrogen-bond acceptors (Lipinski definition) is 6. The highest BCUT2D eigenvalue weighted by atomic mass is 35.5. The van der Waals surface area contributed by atoms with Crippen molar-refractivity contribution in [2.24, 2.45) is 0 Å². The smallest absolute Gasteiger partial charge is 0.410 e. The van der Waals surface area contributed by atoms with E-state index in [0.29, 0.717) is 36.4 Å². The van der Waals surface area contributed by atoms with Gasteiger partial charge in [0, 0.05) is 42.3 Å². The molecule has 0 spiro atoms. The quantitative estimate of drug-likeness (QED) is 0.607. The summed E-state index contributed by atoms with van der Waals surface area (Å²) >= 11 is 6.13. The van der Waals surface area contributed by atoms with Crippen molar-refractivity contribution in [1.29, 1.82) is 0 Å². The minimum atomic E-state index is -0.317. The van der Waals surface area contributed by atoms with Crippen LogP contribution < -0.4 is 0 Å². The summed E-state index contributed by atoms with van der Waals surface area (Å²) in [4.78, 5) is 20.9. The summed E-state index contributed by atoms with van der Waals surface area (Å²) in [6, 6.07) is 17.1. The van der Waals surface area contributed by atoms with E-state index in [2.05, 4.69) is 15.0 Å². The van der Waals surface area contributed by atoms with Crippen LogP contribution in [0.3, 0.4) is 0 Å². The highest BCUT2D eigenvalue weighted by Crippen LogP contribution is 2.18. The molecular weight excluding hydrogens is 404 g/mol. The van der Waals surface area contributed by atoms with Crippen LogP contribution in [0.1, 0.15) is 17.8 Å². The third-order valence-electron chi connectivity index (χ3n) is 5.01. The highest BCUT2D eigenvalue weighted by molar-refractivity contribution is 6.31. The molecule has 0 atom stereocenters. The molecule has 156 valence electrons. The zero-order valence-corrected chi connectivity index (χ0v) is 17.3. The van der Waals surface area contributed by atoms with Gasteiger partial charge in [0.1, 0.15) is 6.61 Å². The number of halogens is 1. The maximum absolute atomic E-state index is 12.5. The lowest BCUT2D eigenvalue weighted by Crippen LogP contribution is -2.35. The summed E-state index contributed by atoms with van der Waals surface area (Å²) < 4.78 is 10.8. The molecule has 1 amide bonds. The van der Waals surface area contributed by atoms with Crippen molar-refractivity contribution in [2.75, 3.05) is 26.2 Å². The van der Waals surface area contributed by atoms with Crippen molar-refractivity contribution in [3.8, 4) is 11.5 Å². The van der Waals surface area contributed by atoms with Gasteiger partial charge in [-0.1, -0.05) is 53.2 Å². The lowest BCUT2D eigenvalue weighted by molar-refractivity contribution is 0.0972. The number of amides is 1. The number of benzene rings is 2. The molecule has 0 saturated carbocycles. The molecule has 30 heavy (non-hydrogen) atoms. The van der Waals surface area contributed by atoms with Crippen LogP contribution in [-0.4, -0.2) is 52.2 Å². The summed E-state index contributed by atoms with van der Waals surface area (Å²) in [6.45, 7) is 3.56. The van der Waals surface area contributed by atoms with Gasteiger partial charge in [0.15, 0.2) is 5.82 Å². The Kier molecular flexibility index (Phi) is 6.61. The summed E-state index contributed by atoms with van der Waals surface area (Å²) in [5.41, 5.74) is 1.70. The molecule has 0 aliphatic carbocycles. The molecule has 1 saturated heterocycles. The topological polar surface area (TPSA) is 71.7 Å². The predicted molar refractivity (Wildman–Crippen MR) is 113 cm³/mol. The molecular formula is C22H23ClN4O3. The normalized spacial score (nSPS) is 15.0. The number of rotatable bonds is 5. The lowest BCUT2D eigenvalue weighted by Gasteiger charge is -2.21. The molecule has 4 rings (SSSR count). The van der Waals surface area contributed by atoms with E-state index in [1.165, 1.54) is 0 Å². The third-order valence-corrected chi connectivity index (χ3v) is 5.38. The number of nitrogens with zero attached hydrogens (tertiary/aromatic N) is 4. The van der Waals surface area contributed by atoms with Crippen LogP contribution in [0.2, 0.25) is 5.02 Å². The van der Waals surface area contributed by atoms with Crippen molar-refractivity contribution in [3.05, 3.63) is 71.0 Å². The zero-order valence-electron chi connectivity index (χ0n) is 16.5. The van der Waals surface area contributed by atoms with Gasteiger partial charge in [-0.3, -0.25) is 4.90 Å². The van der Waals surface area contributed by atoms with Gasteiger partial charge in [-0.2, -0.15) is 4.98 Å². The van der Waals surface area contributed by atoms with E-state index in [0.717, 1.165) is 30.6 Å². The third kappa shape index (κ3) is 5.17. The molecule has 2 heterocycles. The van der Waals surface area contributed by atoms with Crippen LogP contribution in [0.15, 0.2) is 59.1 Å². The Bertz CT molecular complexity index is 979. The number of aromatic nitrogens is 2. The Morgan fingerprint density at radius 3 is 2.67 bits per heavy atom. The molecule has 0 bridgehead atoms. The number of hydrogen-bond donors (Lipinski definition) is 0. The first-order valence-electron chi connectivity index (χ1n) is 9.94. The van der Waals surface area contributed by atoms with Gasteiger partial charge in [0.2, 0.25) is 0 Å². The van der Waals surface area contributed by atoms with Crippen LogP contribution in [0.4, 0.5) is 4.79 Å². The zero-order chi connectivity index (χ0) is 20.8. The molecule has 8 heteroatoms. The van der Waals surface area contributed by atoms with E-state index in [1.807, 2.05) is 48.5 Å². The van der Waals surface area contributed by atoms with Gasteiger partial charge in [0.25, 0.3) is 5.89 Å². The van der Waals surface area contributed by atoms with Crippen LogP contribution >= 0.6 is 11.6 Å². The Morgan fingerprint density at radius 2 is 1.83 bits per heavy atom. The fraction of sp³-hybridized carbons (Fsp3) is 0.318. The van der Waals surface area contributed by atoms with Gasteiger partial charge in [0.05, 0.1) is 6.54 Å². The summed E-state index contributed by atoms with van der Waals surface area (Å²) in [5, 5.41) is 4.70. The molecule has 1 aliphatic heterocycles. The van der Waals surface area contributed by atoms with Gasteiger partial charge in [-0.15, -0.1) is 0 Å². The first-order valence-corrected chi connectivity index (χ1v) is 10.3. The average molecular weight is 427 g/mol. The van der Waals surface area contributed by atoms with E-state index in [4.69, 9.17) is 20.9 Å². The summed E-state index contributed by atoms with van der Waals surface area (Å²) in [6.07, 6.45) is 0.535. The van der Waals surface area contributed by atoms with Gasteiger partial charge >= 0.3 is 6.09 Å². The van der Waals surface area contributed by atoms with Gasteiger partial charge < -0.3 is 14.2 Å². The minimum Gasteiger partial charge on any atom is -0.444 e. The summed E-state index contributed by atoms with van der Waals surface area (Å²) in [5.74, 6) is 1.16. The van der Waals surface area contributed by atoms with Crippen molar-refractivity contribution in [2.45, 2.75) is 19.6 Å². The lowest BCUT2D eigenvalue weighted by atomic mass is 10.2. The highest BCUT2D eigenvalue weighted by Gasteiger charge is 2.22. The molecule has 2 aromatic carbocycles. The fourth-order valence-electron chi connectivity index (χ4n) is 3.37. The van der Waals surface area contributed by atoms with Crippen molar-refractivity contribution >= 4 is 17.7 Å². The van der Waals surface area contributed by atoms with Crippen LogP contribution in [0.25, 0.3) is 11.5 Å². The molecule has 0 unspecified atom stereocenters. The van der Waals surface area contributed by atoms with Crippen LogP contribution in [0.5, 0.6) is 0 Å². The number of carbonyl (C=O) groups excluding carboxylic acids is 1. The van der Waals surface area contributed by atoms with Gasteiger partial charge in [-0.05, 0) is 24.6 Å². The Hall–Kier alpha value is -2.90. The number of ether oxygens (including phenoxy) is 1. The average Bonchev–Trinajstić information content (AvgIpc) is 3.11. The second kappa shape index (κ2) is 9.73. The van der Waals surface area contributed by atoms with Crippen LogP contribution in [-0.2, 0) is 17.9 Å². The second-order valence-corrected chi connectivity index (χ2v) is 7.55. The summed E-state index contributed by atoms with van der Waals surface area (Å²) in [7, 11) is 0. The van der Waals surface area contributed by atoms with Crippen LogP contribution in [0, 0.1) is 0 Å². The molecule has 1 fully saturated rings. The van der Waals surface area contributed by atoms with Crippen molar-refractivity contribution in [1.82, 2.24) is 19.9 Å². The Labute approximate surface area is 180 Å². The molecule has 1 aliphatic rings. The van der Waals surface area contributed by atoms with E-state index in [-0.39, 0.29) is 12.7 Å². The van der Waals surface area contributed by atoms with Crippen molar-refractivity contribution < 1.29 is 14.1 Å². The Morgan fingerprint density at radius 1 is 1.03 bits per heavy atom. The SMILES string of the molecule is O=C(OCc1ccccc1Cl)N1CCCN(Cc2noc(-c3ccccc3)n2)CC1. The molecule has 0 N–H and O–H groups in total. The van der Waals surface area contributed by atoms with Crippen molar-refractivity contribution in [3.63, 3.8) is 0 Å². The molecule has 3 aromatic rings. The minimum absolute atomic E-state index is 0.170. The first kappa shape index (κ1) is 20.4. The van der Waals surface area contributed by atoms with E-state index in [1.54, 1.807) is 11.0 Å². The standard InChI is InChI=1S/C22H23ClN4O3/c23-19-10-5-4-9-18(19)16-29-22(28)27-12-6-11-26(13-14-27)15-20-24-21(30-25-20)17-7-2-1-3-8-17/h1-5,7-10H,6,11-16H2. The molecule has 1 aromatic heterocycles. The Balaban J connectivity index is 1.28. The largest absolute Gasteiger partial charge is 0.444 e. The fourth-order valence-corrected chi connectivity index (χ4v) is 3.56. The maximum atomic E-state index is 12.5. The molecule has 0 radical (unpaired) electrons. The monoisotopic (exact) mass is 426 g/mol. The maximum Gasteiger partial charge on any atom is 0.410 e. The van der Waals surface area contributed by atoms with Gasteiger partial charge in [-0.25, -0.2) is 4.79 Å². The van der Waals surface area contributed by atoms with E-state index in [9.17, 15) is 4.79 Å². The second-order valence-electron chi connectivity index (χ2n) is 7.14.